The van der Waals surface area contributed by atoms with Crippen molar-refractivity contribution in [1.29, 1.82) is 0 Å². The van der Waals surface area contributed by atoms with Crippen molar-refractivity contribution in [2.24, 2.45) is 0 Å². The van der Waals surface area contributed by atoms with Crippen LogP contribution >= 0.6 is 0 Å². The standard InChI is InChI=1S/C21H30N2O5/c1-13-15-8-6-5-7-14(15)9-10-23(13)19(25)18-11-17(24)16(12-27-18)22-20(26)28-21(2,3)4/h5-8,13,16-18,24H,9-12H2,1-4H3,(H,22,26)/t13-,16+,17+,18+/m0/s1. The average Bonchev–Trinajstić information content (AvgIpc) is 2.62. The maximum Gasteiger partial charge on any atom is 0.408 e. The van der Waals surface area contributed by atoms with Gasteiger partial charge in [0, 0.05) is 13.0 Å². The number of alkyl carbamates (subject to hydrolysis) is 1. The lowest BCUT2D eigenvalue weighted by Gasteiger charge is -2.40. The molecule has 28 heavy (non-hydrogen) atoms. The normalized spacial score (nSPS) is 27.7. The van der Waals surface area contributed by atoms with Crippen molar-refractivity contribution in [2.45, 2.75) is 70.4 Å². The van der Waals surface area contributed by atoms with Gasteiger partial charge in [-0.2, -0.15) is 0 Å². The molecule has 2 N–H and O–H groups in total. The average molecular weight is 390 g/mol. The molecular weight excluding hydrogens is 360 g/mol. The van der Waals surface area contributed by atoms with Crippen LogP contribution in [0.3, 0.4) is 0 Å². The molecule has 0 aliphatic carbocycles. The van der Waals surface area contributed by atoms with Gasteiger partial charge in [-0.05, 0) is 45.2 Å². The Balaban J connectivity index is 1.58. The smallest absolute Gasteiger partial charge is 0.408 e. The molecule has 2 heterocycles. The SMILES string of the molecule is C[C@H]1c2ccccc2CCN1C(=O)[C@H]1C[C@@H](O)[C@H](NC(=O)OC(C)(C)C)CO1. The zero-order valence-corrected chi connectivity index (χ0v) is 17.0. The number of nitrogens with one attached hydrogen (secondary N) is 1. The number of benzene rings is 1. The van der Waals surface area contributed by atoms with E-state index >= 15 is 0 Å². The first-order valence-electron chi connectivity index (χ1n) is 9.83. The third kappa shape index (κ3) is 4.64. The lowest BCUT2D eigenvalue weighted by atomic mass is 9.92. The molecule has 4 atom stereocenters. The zero-order chi connectivity index (χ0) is 20.5. The van der Waals surface area contributed by atoms with Gasteiger partial charge in [0.15, 0.2) is 0 Å². The van der Waals surface area contributed by atoms with Gasteiger partial charge in [-0.25, -0.2) is 4.79 Å². The second kappa shape index (κ2) is 8.09. The van der Waals surface area contributed by atoms with Crippen molar-refractivity contribution in [3.63, 3.8) is 0 Å². The number of carbonyl (C=O) groups is 2. The maximum absolute atomic E-state index is 13.0. The quantitative estimate of drug-likeness (QED) is 0.808. The number of amides is 2. The molecule has 0 unspecified atom stereocenters. The summed E-state index contributed by atoms with van der Waals surface area (Å²) >= 11 is 0. The monoisotopic (exact) mass is 390 g/mol. The predicted molar refractivity (Wildman–Crippen MR) is 104 cm³/mol. The van der Waals surface area contributed by atoms with Crippen LogP contribution in [-0.4, -0.2) is 59.0 Å². The lowest BCUT2D eigenvalue weighted by molar-refractivity contribution is -0.155. The number of hydrogen-bond acceptors (Lipinski definition) is 5. The van der Waals surface area contributed by atoms with Gasteiger partial charge in [-0.15, -0.1) is 0 Å². The Labute approximate surface area is 166 Å². The topological polar surface area (TPSA) is 88.1 Å². The van der Waals surface area contributed by atoms with Crippen LogP contribution in [0, 0.1) is 0 Å². The highest BCUT2D eigenvalue weighted by Gasteiger charge is 2.39. The first kappa shape index (κ1) is 20.6. The van der Waals surface area contributed by atoms with Crippen molar-refractivity contribution in [1.82, 2.24) is 10.2 Å². The Morgan fingerprint density at radius 2 is 2.00 bits per heavy atom. The van der Waals surface area contributed by atoms with E-state index in [2.05, 4.69) is 17.4 Å². The van der Waals surface area contributed by atoms with Crippen molar-refractivity contribution >= 4 is 12.0 Å². The van der Waals surface area contributed by atoms with Crippen LogP contribution in [0.5, 0.6) is 0 Å². The Kier molecular flexibility index (Phi) is 5.95. The molecular formula is C21H30N2O5. The van der Waals surface area contributed by atoms with Crippen LogP contribution in [0.4, 0.5) is 4.79 Å². The summed E-state index contributed by atoms with van der Waals surface area (Å²) in [5.41, 5.74) is 1.80. The first-order valence-corrected chi connectivity index (χ1v) is 9.83. The van der Waals surface area contributed by atoms with Crippen molar-refractivity contribution < 1.29 is 24.2 Å². The lowest BCUT2D eigenvalue weighted by Crippen LogP contribution is -2.56. The van der Waals surface area contributed by atoms with E-state index in [9.17, 15) is 14.7 Å². The summed E-state index contributed by atoms with van der Waals surface area (Å²) in [4.78, 5) is 26.8. The van der Waals surface area contributed by atoms with Crippen molar-refractivity contribution in [3.8, 4) is 0 Å². The summed E-state index contributed by atoms with van der Waals surface area (Å²) in [5, 5.41) is 13.1. The molecule has 1 aromatic rings. The summed E-state index contributed by atoms with van der Waals surface area (Å²) < 4.78 is 10.9. The van der Waals surface area contributed by atoms with E-state index in [1.807, 2.05) is 24.0 Å². The second-order valence-corrected chi connectivity index (χ2v) is 8.53. The largest absolute Gasteiger partial charge is 0.444 e. The van der Waals surface area contributed by atoms with Gasteiger partial charge in [0.25, 0.3) is 5.91 Å². The molecule has 0 bridgehead atoms. The fraction of sp³-hybridized carbons (Fsp3) is 0.619. The zero-order valence-electron chi connectivity index (χ0n) is 17.0. The minimum absolute atomic E-state index is 0.0317. The third-order valence-electron chi connectivity index (χ3n) is 5.25. The van der Waals surface area contributed by atoms with E-state index in [4.69, 9.17) is 9.47 Å². The summed E-state index contributed by atoms with van der Waals surface area (Å²) in [6, 6.07) is 7.52. The van der Waals surface area contributed by atoms with Crippen LogP contribution in [-0.2, 0) is 20.7 Å². The van der Waals surface area contributed by atoms with E-state index in [0.29, 0.717) is 6.54 Å². The number of fused-ring (bicyclic) bond motifs is 1. The molecule has 2 aliphatic rings. The molecule has 0 spiro atoms. The van der Waals surface area contributed by atoms with Gasteiger partial charge in [0.2, 0.25) is 0 Å². The van der Waals surface area contributed by atoms with E-state index < -0.39 is 29.9 Å². The van der Waals surface area contributed by atoms with Gasteiger partial charge in [0.1, 0.15) is 11.7 Å². The fourth-order valence-corrected chi connectivity index (χ4v) is 3.81. The summed E-state index contributed by atoms with van der Waals surface area (Å²) in [7, 11) is 0. The van der Waals surface area contributed by atoms with Crippen molar-refractivity contribution in [2.75, 3.05) is 13.2 Å². The molecule has 2 aliphatic heterocycles. The molecule has 154 valence electrons. The number of ether oxygens (including phenoxy) is 2. The third-order valence-corrected chi connectivity index (χ3v) is 5.25. The molecule has 3 rings (SSSR count). The molecule has 0 radical (unpaired) electrons. The molecule has 1 aromatic carbocycles. The van der Waals surface area contributed by atoms with E-state index in [-0.39, 0.29) is 25.0 Å². The van der Waals surface area contributed by atoms with Crippen LogP contribution in [0.25, 0.3) is 0 Å². The van der Waals surface area contributed by atoms with Crippen LogP contribution in [0.1, 0.15) is 51.3 Å². The molecule has 0 saturated carbocycles. The van der Waals surface area contributed by atoms with E-state index in [1.165, 1.54) is 5.56 Å². The number of hydrogen-bond donors (Lipinski definition) is 2. The highest BCUT2D eigenvalue weighted by molar-refractivity contribution is 5.82. The van der Waals surface area contributed by atoms with Crippen LogP contribution in [0.2, 0.25) is 0 Å². The van der Waals surface area contributed by atoms with Gasteiger partial charge in [-0.1, -0.05) is 24.3 Å². The number of aliphatic hydroxyl groups excluding tert-OH is 1. The van der Waals surface area contributed by atoms with Gasteiger partial charge < -0.3 is 24.8 Å². The van der Waals surface area contributed by atoms with Gasteiger partial charge >= 0.3 is 6.09 Å². The second-order valence-electron chi connectivity index (χ2n) is 8.53. The Bertz CT molecular complexity index is 730. The number of carbonyl (C=O) groups excluding carboxylic acids is 2. The highest BCUT2D eigenvalue weighted by Crippen LogP contribution is 2.31. The van der Waals surface area contributed by atoms with E-state index in [1.54, 1.807) is 20.8 Å². The number of aliphatic hydroxyl groups is 1. The number of rotatable bonds is 2. The minimum atomic E-state index is -0.873. The molecule has 2 amide bonds. The number of nitrogens with zero attached hydrogens (tertiary/aromatic N) is 1. The summed E-state index contributed by atoms with van der Waals surface area (Å²) in [6.07, 6.45) is -1.23. The Hall–Kier alpha value is -2.12. The summed E-state index contributed by atoms with van der Waals surface area (Å²) in [5.74, 6) is -0.114. The Morgan fingerprint density at radius 3 is 2.68 bits per heavy atom. The minimum Gasteiger partial charge on any atom is -0.444 e. The Morgan fingerprint density at radius 1 is 1.29 bits per heavy atom. The van der Waals surface area contributed by atoms with E-state index in [0.717, 1.165) is 12.0 Å². The van der Waals surface area contributed by atoms with Crippen LogP contribution in [0.15, 0.2) is 24.3 Å². The molecule has 0 aromatic heterocycles. The molecule has 1 saturated heterocycles. The summed E-state index contributed by atoms with van der Waals surface area (Å²) in [6.45, 7) is 8.03. The van der Waals surface area contributed by atoms with Gasteiger partial charge in [0.05, 0.1) is 24.8 Å². The fourth-order valence-electron chi connectivity index (χ4n) is 3.81. The highest BCUT2D eigenvalue weighted by atomic mass is 16.6. The maximum atomic E-state index is 13.0. The predicted octanol–water partition coefficient (Wildman–Crippen LogP) is 2.18. The van der Waals surface area contributed by atoms with Gasteiger partial charge in [-0.3, -0.25) is 4.79 Å². The molecule has 1 fully saturated rings. The molecule has 7 nitrogen and oxygen atoms in total. The first-order chi connectivity index (χ1) is 13.2. The van der Waals surface area contributed by atoms with Crippen molar-refractivity contribution in [3.05, 3.63) is 35.4 Å². The molecule has 7 heteroatoms. The van der Waals surface area contributed by atoms with Crippen LogP contribution < -0.4 is 5.32 Å².